The van der Waals surface area contributed by atoms with Crippen LogP contribution >= 0.6 is 0 Å². The summed E-state index contributed by atoms with van der Waals surface area (Å²) in [5, 5.41) is 8.88. The first kappa shape index (κ1) is 18.0. The van der Waals surface area contributed by atoms with Crippen molar-refractivity contribution in [2.45, 2.75) is 60.3 Å². The predicted octanol–water partition coefficient (Wildman–Crippen LogP) is 5.59. The zero-order valence-electron chi connectivity index (χ0n) is 14.4. The van der Waals surface area contributed by atoms with E-state index in [2.05, 4.69) is 65.0 Å². The van der Waals surface area contributed by atoms with Crippen LogP contribution in [-0.2, 0) is 0 Å². The van der Waals surface area contributed by atoms with E-state index in [1.807, 2.05) is 0 Å². The molecule has 0 amide bonds. The Bertz CT molecular complexity index is 446. The minimum absolute atomic E-state index is 0.261. The molecule has 0 radical (unpaired) electrons. The zero-order chi connectivity index (χ0) is 15.9. The Kier molecular flexibility index (Phi) is 7.17. The summed E-state index contributed by atoms with van der Waals surface area (Å²) in [4.78, 5) is 0. The van der Waals surface area contributed by atoms with E-state index >= 15 is 0 Å². The largest absolute Gasteiger partial charge is 0.396 e. The van der Waals surface area contributed by atoms with Crippen LogP contribution in [0.1, 0.15) is 60.3 Å². The third kappa shape index (κ3) is 6.05. The maximum Gasteiger partial charge on any atom is 0.0436 e. The van der Waals surface area contributed by atoms with Crippen LogP contribution in [0, 0.1) is 11.3 Å². The lowest BCUT2D eigenvalue weighted by atomic mass is 9.72. The van der Waals surface area contributed by atoms with E-state index in [0.29, 0.717) is 11.3 Å². The molecule has 0 heterocycles. The van der Waals surface area contributed by atoms with Gasteiger partial charge in [-0.1, -0.05) is 62.3 Å². The molecule has 0 fully saturated rings. The summed E-state index contributed by atoms with van der Waals surface area (Å²) in [6, 6.07) is 0. The third-order valence-corrected chi connectivity index (χ3v) is 4.44. The highest BCUT2D eigenvalue weighted by molar-refractivity contribution is 5.36. The van der Waals surface area contributed by atoms with Gasteiger partial charge in [-0.3, -0.25) is 0 Å². The van der Waals surface area contributed by atoms with E-state index < -0.39 is 0 Å². The molecule has 1 N–H and O–H groups in total. The second-order valence-corrected chi connectivity index (χ2v) is 7.05. The Morgan fingerprint density at radius 2 is 2.10 bits per heavy atom. The van der Waals surface area contributed by atoms with Crippen molar-refractivity contribution < 1.29 is 5.11 Å². The number of hydrogen-bond donors (Lipinski definition) is 1. The topological polar surface area (TPSA) is 20.2 Å². The highest BCUT2D eigenvalue weighted by atomic mass is 16.3. The van der Waals surface area contributed by atoms with Gasteiger partial charge in [-0.05, 0) is 56.4 Å². The molecule has 1 aliphatic rings. The van der Waals surface area contributed by atoms with Gasteiger partial charge in [0.15, 0.2) is 0 Å². The molecule has 0 bridgehead atoms. The Balaban J connectivity index is 2.71. The van der Waals surface area contributed by atoms with Gasteiger partial charge in [-0.2, -0.15) is 0 Å². The highest BCUT2D eigenvalue weighted by Crippen LogP contribution is 2.40. The van der Waals surface area contributed by atoms with Crippen molar-refractivity contribution in [2.24, 2.45) is 11.3 Å². The molecule has 0 spiro atoms. The second kappa shape index (κ2) is 8.38. The molecule has 21 heavy (non-hydrogen) atoms. The Hall–Kier alpha value is -1.08. The van der Waals surface area contributed by atoms with Gasteiger partial charge >= 0.3 is 0 Å². The first-order chi connectivity index (χ1) is 9.86. The second-order valence-electron chi connectivity index (χ2n) is 7.05. The molecule has 0 saturated carbocycles. The lowest BCUT2D eigenvalue weighted by Crippen LogP contribution is -2.19. The van der Waals surface area contributed by atoms with Crippen molar-refractivity contribution in [3.8, 4) is 0 Å². The van der Waals surface area contributed by atoms with E-state index in [-0.39, 0.29) is 6.61 Å². The number of aliphatic hydroxyl groups is 1. The summed E-state index contributed by atoms with van der Waals surface area (Å²) in [7, 11) is 0. The van der Waals surface area contributed by atoms with Gasteiger partial charge < -0.3 is 5.11 Å². The molecule has 0 aromatic heterocycles. The fraction of sp³-hybridized carbons (Fsp3) is 0.600. The smallest absolute Gasteiger partial charge is 0.0436 e. The molecule has 1 unspecified atom stereocenters. The van der Waals surface area contributed by atoms with Crippen LogP contribution in [0.4, 0.5) is 0 Å². The summed E-state index contributed by atoms with van der Waals surface area (Å²) in [5.41, 5.74) is 4.63. The molecule has 1 atom stereocenters. The van der Waals surface area contributed by atoms with Crippen molar-refractivity contribution in [2.75, 3.05) is 6.61 Å². The van der Waals surface area contributed by atoms with Crippen molar-refractivity contribution in [3.63, 3.8) is 0 Å². The number of rotatable bonds is 6. The van der Waals surface area contributed by atoms with Crippen LogP contribution in [0.3, 0.4) is 0 Å². The van der Waals surface area contributed by atoms with Crippen molar-refractivity contribution in [3.05, 3.63) is 47.1 Å². The SMILES string of the molecule is CC1=C(\C=C/C(C)=C\C=C/C(C)CCO)C(C)(C)CCC1. The normalized spacial score (nSPS) is 21.5. The van der Waals surface area contributed by atoms with Crippen LogP contribution < -0.4 is 0 Å². The maximum absolute atomic E-state index is 8.88. The van der Waals surface area contributed by atoms with E-state index in [1.165, 1.54) is 30.4 Å². The zero-order valence-corrected chi connectivity index (χ0v) is 14.4. The first-order valence-corrected chi connectivity index (χ1v) is 8.21. The Labute approximate surface area is 131 Å². The van der Waals surface area contributed by atoms with Gasteiger partial charge in [0.2, 0.25) is 0 Å². The number of allylic oxidation sites excluding steroid dienone is 8. The minimum Gasteiger partial charge on any atom is -0.396 e. The molecule has 0 saturated heterocycles. The van der Waals surface area contributed by atoms with E-state index in [0.717, 1.165) is 6.42 Å². The van der Waals surface area contributed by atoms with Crippen molar-refractivity contribution in [1.29, 1.82) is 0 Å². The minimum atomic E-state index is 0.261. The number of hydrogen-bond acceptors (Lipinski definition) is 1. The Morgan fingerprint density at radius 3 is 2.71 bits per heavy atom. The summed E-state index contributed by atoms with van der Waals surface area (Å²) < 4.78 is 0. The molecule has 118 valence electrons. The van der Waals surface area contributed by atoms with E-state index in [4.69, 9.17) is 5.11 Å². The van der Waals surface area contributed by atoms with Gasteiger partial charge in [-0.15, -0.1) is 0 Å². The van der Waals surface area contributed by atoms with E-state index in [1.54, 1.807) is 5.57 Å². The maximum atomic E-state index is 8.88. The van der Waals surface area contributed by atoms with Crippen LogP contribution in [0.2, 0.25) is 0 Å². The summed E-state index contributed by atoms with van der Waals surface area (Å²) in [5.74, 6) is 0.435. The fourth-order valence-corrected chi connectivity index (χ4v) is 2.98. The van der Waals surface area contributed by atoms with E-state index in [9.17, 15) is 0 Å². The van der Waals surface area contributed by atoms with Crippen molar-refractivity contribution >= 4 is 0 Å². The standard InChI is InChI=1S/C20H32O/c1-16(8-6-9-17(2)13-15-21)11-12-19-18(3)10-7-14-20(19,4)5/h6,8-9,11-12,17,21H,7,10,13-15H2,1-5H3/b9-6-,12-11-,16-8-. The molecular weight excluding hydrogens is 256 g/mol. The Morgan fingerprint density at radius 1 is 1.38 bits per heavy atom. The van der Waals surface area contributed by atoms with Gasteiger partial charge in [0.05, 0.1) is 0 Å². The van der Waals surface area contributed by atoms with Gasteiger partial charge in [0.25, 0.3) is 0 Å². The molecule has 1 rings (SSSR count). The van der Waals surface area contributed by atoms with Gasteiger partial charge in [0.1, 0.15) is 0 Å². The molecule has 1 aliphatic carbocycles. The van der Waals surface area contributed by atoms with Gasteiger partial charge in [0, 0.05) is 6.61 Å². The van der Waals surface area contributed by atoms with Crippen molar-refractivity contribution in [1.82, 2.24) is 0 Å². The first-order valence-electron chi connectivity index (χ1n) is 8.21. The molecular formula is C20H32O. The third-order valence-electron chi connectivity index (χ3n) is 4.44. The molecule has 1 nitrogen and oxygen atoms in total. The fourth-order valence-electron chi connectivity index (χ4n) is 2.98. The molecule has 0 aromatic rings. The average molecular weight is 288 g/mol. The van der Waals surface area contributed by atoms with Crippen LogP contribution in [0.25, 0.3) is 0 Å². The monoisotopic (exact) mass is 288 g/mol. The van der Waals surface area contributed by atoms with Gasteiger partial charge in [-0.25, -0.2) is 0 Å². The molecule has 0 aliphatic heterocycles. The molecule has 1 heteroatoms. The summed E-state index contributed by atoms with van der Waals surface area (Å²) in [6.45, 7) is 11.5. The molecule has 0 aromatic carbocycles. The number of aliphatic hydroxyl groups excluding tert-OH is 1. The van der Waals surface area contributed by atoms with Crippen LogP contribution in [0.5, 0.6) is 0 Å². The average Bonchev–Trinajstić information content (AvgIpc) is 2.37. The lowest BCUT2D eigenvalue weighted by Gasteiger charge is -2.32. The quantitative estimate of drug-likeness (QED) is 0.632. The van der Waals surface area contributed by atoms with Crippen LogP contribution in [-0.4, -0.2) is 11.7 Å². The van der Waals surface area contributed by atoms with Crippen LogP contribution in [0.15, 0.2) is 47.1 Å². The summed E-state index contributed by atoms with van der Waals surface area (Å²) in [6.07, 6.45) is 15.6. The lowest BCUT2D eigenvalue weighted by molar-refractivity contribution is 0.274. The predicted molar refractivity (Wildman–Crippen MR) is 93.2 cm³/mol. The summed E-state index contributed by atoms with van der Waals surface area (Å²) >= 11 is 0. The highest BCUT2D eigenvalue weighted by Gasteiger charge is 2.26.